The Kier molecular flexibility index (Phi) is 4.23. The minimum atomic E-state index is -0.337. The van der Waals surface area contributed by atoms with E-state index in [4.69, 9.17) is 9.47 Å². The number of hydrazone groups is 1. The number of aromatic nitrogens is 4. The number of rotatable bonds is 5. The van der Waals surface area contributed by atoms with Crippen molar-refractivity contribution in [2.45, 2.75) is 13.8 Å². The fourth-order valence-electron chi connectivity index (χ4n) is 2.26. The smallest absolute Gasteiger partial charge is 0.239 e. The maximum Gasteiger partial charge on any atom is 0.239 e. The molecule has 0 saturated heterocycles. The molecule has 2 heterocycles. The van der Waals surface area contributed by atoms with Gasteiger partial charge in [0.05, 0.1) is 25.0 Å². The van der Waals surface area contributed by atoms with Crippen molar-refractivity contribution in [1.29, 1.82) is 0 Å². The molecule has 1 aliphatic rings. The van der Waals surface area contributed by atoms with Crippen molar-refractivity contribution in [2.24, 2.45) is 5.10 Å². The number of ether oxygens (including phenoxy) is 2. The molecule has 9 nitrogen and oxygen atoms in total. The van der Waals surface area contributed by atoms with Crippen LogP contribution in [0.1, 0.15) is 19.4 Å². The first-order valence-corrected chi connectivity index (χ1v) is 7.25. The van der Waals surface area contributed by atoms with E-state index in [1.54, 1.807) is 32.2 Å². The fourth-order valence-corrected chi connectivity index (χ4v) is 2.26. The molecule has 0 N–H and O–H groups in total. The number of anilines is 1. The number of carbonyl (C=O) groups excluding carboxylic acids is 1. The van der Waals surface area contributed by atoms with Crippen molar-refractivity contribution in [3.05, 3.63) is 29.3 Å². The second kappa shape index (κ2) is 6.49. The van der Waals surface area contributed by atoms with Gasteiger partial charge in [0.1, 0.15) is 5.95 Å². The zero-order valence-electron chi connectivity index (χ0n) is 13.4. The molecule has 124 valence electrons. The van der Waals surface area contributed by atoms with E-state index >= 15 is 0 Å². The summed E-state index contributed by atoms with van der Waals surface area (Å²) in [6, 6.07) is 5.43. The minimum absolute atomic E-state index is 0.0486. The lowest BCUT2D eigenvalue weighted by molar-refractivity contribution is -0.114. The third kappa shape index (κ3) is 2.83. The predicted molar refractivity (Wildman–Crippen MR) is 85.9 cm³/mol. The Morgan fingerprint density at radius 3 is 2.83 bits per heavy atom. The van der Waals surface area contributed by atoms with Crippen LogP contribution in [0.15, 0.2) is 28.9 Å². The zero-order valence-corrected chi connectivity index (χ0v) is 13.4. The van der Waals surface area contributed by atoms with Gasteiger partial charge in [-0.1, -0.05) is 6.07 Å². The molecule has 0 atom stereocenters. The van der Waals surface area contributed by atoms with Gasteiger partial charge in [-0.2, -0.15) is 5.21 Å². The monoisotopic (exact) mass is 327 g/mol. The van der Waals surface area contributed by atoms with Crippen LogP contribution in [0, 0.1) is 0 Å². The quantitative estimate of drug-likeness (QED) is 0.756. The SMILES string of the molecule is CCOc1cc(/C=C2\C(=O)N(c3nnn[n-]3)N=C2C)ccc1OC. The van der Waals surface area contributed by atoms with Gasteiger partial charge in [-0.15, -0.1) is 5.21 Å². The number of methoxy groups -OCH3 is 1. The number of nitrogens with zero attached hydrogens (tertiary/aromatic N) is 6. The summed E-state index contributed by atoms with van der Waals surface area (Å²) >= 11 is 0. The molecule has 3 rings (SSSR count). The van der Waals surface area contributed by atoms with Crippen LogP contribution >= 0.6 is 0 Å². The van der Waals surface area contributed by atoms with Crippen LogP contribution < -0.4 is 19.6 Å². The largest absolute Gasteiger partial charge is 0.493 e. The van der Waals surface area contributed by atoms with Crippen LogP contribution in [-0.2, 0) is 4.79 Å². The number of tetrazole rings is 1. The highest BCUT2D eigenvalue weighted by molar-refractivity contribution is 6.31. The van der Waals surface area contributed by atoms with Gasteiger partial charge in [-0.25, -0.2) is 15.2 Å². The lowest BCUT2D eigenvalue weighted by Gasteiger charge is -2.12. The van der Waals surface area contributed by atoms with Crippen molar-refractivity contribution in [2.75, 3.05) is 18.7 Å². The molecule has 1 amide bonds. The summed E-state index contributed by atoms with van der Waals surface area (Å²) in [4.78, 5) is 12.5. The maximum absolute atomic E-state index is 12.5. The molecule has 0 spiro atoms. The van der Waals surface area contributed by atoms with Crippen LogP contribution in [-0.4, -0.2) is 40.9 Å². The third-order valence-corrected chi connectivity index (χ3v) is 3.36. The first kappa shape index (κ1) is 15.7. The van der Waals surface area contributed by atoms with E-state index in [0.717, 1.165) is 10.6 Å². The average molecular weight is 327 g/mol. The van der Waals surface area contributed by atoms with E-state index in [-0.39, 0.29) is 11.9 Å². The van der Waals surface area contributed by atoms with Crippen LogP contribution in [0.25, 0.3) is 6.08 Å². The van der Waals surface area contributed by atoms with Crippen molar-refractivity contribution < 1.29 is 14.3 Å². The van der Waals surface area contributed by atoms with Gasteiger partial charge in [0.25, 0.3) is 0 Å². The summed E-state index contributed by atoms with van der Waals surface area (Å²) in [5, 5.41) is 19.3. The Hall–Kier alpha value is -3.23. The van der Waals surface area contributed by atoms with Crippen molar-refractivity contribution in [1.82, 2.24) is 20.6 Å². The molecule has 9 heteroatoms. The predicted octanol–water partition coefficient (Wildman–Crippen LogP) is 1.04. The molecular formula is C15H15N6O3-. The molecule has 0 saturated carbocycles. The topological polar surface area (TPSA) is 104 Å². The first-order valence-electron chi connectivity index (χ1n) is 7.25. The van der Waals surface area contributed by atoms with Gasteiger partial charge in [0.15, 0.2) is 11.5 Å². The molecule has 24 heavy (non-hydrogen) atoms. The van der Waals surface area contributed by atoms with E-state index < -0.39 is 0 Å². The number of hydrogen-bond donors (Lipinski definition) is 0. The summed E-state index contributed by atoms with van der Waals surface area (Å²) < 4.78 is 10.8. The lowest BCUT2D eigenvalue weighted by Crippen LogP contribution is -2.23. The summed E-state index contributed by atoms with van der Waals surface area (Å²) in [7, 11) is 1.58. The molecule has 0 radical (unpaired) electrons. The molecule has 1 aliphatic heterocycles. The van der Waals surface area contributed by atoms with Gasteiger partial charge in [0, 0.05) is 0 Å². The van der Waals surface area contributed by atoms with Gasteiger partial charge < -0.3 is 9.47 Å². The minimum Gasteiger partial charge on any atom is -0.493 e. The Bertz CT molecular complexity index is 813. The van der Waals surface area contributed by atoms with Gasteiger partial charge >= 0.3 is 0 Å². The molecule has 0 aliphatic carbocycles. The number of amides is 1. The Morgan fingerprint density at radius 1 is 1.33 bits per heavy atom. The van der Waals surface area contributed by atoms with Crippen molar-refractivity contribution in [3.8, 4) is 11.5 Å². The van der Waals surface area contributed by atoms with Gasteiger partial charge in [0.2, 0.25) is 5.91 Å². The molecule has 0 bridgehead atoms. The van der Waals surface area contributed by atoms with Crippen molar-refractivity contribution >= 4 is 23.6 Å². The van der Waals surface area contributed by atoms with E-state index in [2.05, 4.69) is 25.7 Å². The number of carbonyl (C=O) groups is 1. The highest BCUT2D eigenvalue weighted by atomic mass is 16.5. The first-order chi connectivity index (χ1) is 11.6. The van der Waals surface area contributed by atoms with Gasteiger partial charge in [-0.3, -0.25) is 9.89 Å². The Morgan fingerprint density at radius 2 is 2.17 bits per heavy atom. The highest BCUT2D eigenvalue weighted by Gasteiger charge is 2.26. The summed E-state index contributed by atoms with van der Waals surface area (Å²) in [6.07, 6.45) is 1.73. The second-order valence-electron chi connectivity index (χ2n) is 4.88. The standard InChI is InChI=1S/C15H15N6O3/c1-4-24-13-8-10(5-6-12(13)23-3)7-11-9(2)18-21(14(11)22)15-16-19-20-17-15/h5-8H,4H2,1-3H3/q-1/b11-7-. The number of benzene rings is 1. The van der Waals surface area contributed by atoms with E-state index in [0.29, 0.717) is 29.4 Å². The second-order valence-corrected chi connectivity index (χ2v) is 4.88. The normalized spacial score (nSPS) is 15.8. The van der Waals surface area contributed by atoms with Crippen LogP contribution in [0.4, 0.5) is 5.95 Å². The average Bonchev–Trinajstić information content (AvgIpc) is 3.19. The van der Waals surface area contributed by atoms with E-state index in [1.807, 2.05) is 13.0 Å². The maximum atomic E-state index is 12.5. The Balaban J connectivity index is 1.93. The number of hydrogen-bond acceptors (Lipinski definition) is 7. The molecular weight excluding hydrogens is 312 g/mol. The van der Waals surface area contributed by atoms with Crippen LogP contribution in [0.2, 0.25) is 0 Å². The summed E-state index contributed by atoms with van der Waals surface area (Å²) in [5.41, 5.74) is 1.78. The fraction of sp³-hybridized carbons (Fsp3) is 0.267. The lowest BCUT2D eigenvalue weighted by atomic mass is 10.1. The van der Waals surface area contributed by atoms with E-state index in [1.165, 1.54) is 0 Å². The molecule has 0 fully saturated rings. The molecule has 1 aromatic carbocycles. The van der Waals surface area contributed by atoms with Crippen molar-refractivity contribution in [3.63, 3.8) is 0 Å². The Labute approximate surface area is 137 Å². The highest BCUT2D eigenvalue weighted by Crippen LogP contribution is 2.30. The van der Waals surface area contributed by atoms with Gasteiger partial charge in [-0.05, 0) is 37.6 Å². The van der Waals surface area contributed by atoms with Crippen LogP contribution in [0.5, 0.6) is 11.5 Å². The third-order valence-electron chi connectivity index (χ3n) is 3.36. The van der Waals surface area contributed by atoms with Crippen LogP contribution in [0.3, 0.4) is 0 Å². The van der Waals surface area contributed by atoms with E-state index in [9.17, 15) is 4.79 Å². The molecule has 2 aromatic rings. The molecule has 1 aromatic heterocycles. The summed E-state index contributed by atoms with van der Waals surface area (Å²) in [6.45, 7) is 4.14. The summed E-state index contributed by atoms with van der Waals surface area (Å²) in [5.74, 6) is 0.952. The molecule has 0 unspecified atom stereocenters. The zero-order chi connectivity index (χ0) is 17.1.